The lowest BCUT2D eigenvalue weighted by Gasteiger charge is -1.96. The number of hydrogen-bond donors (Lipinski definition) is 0. The summed E-state index contributed by atoms with van der Waals surface area (Å²) in [7, 11) is 0. The number of allylic oxidation sites excluding steroid dienone is 4. The minimum Gasteiger partial charge on any atom is -0.131 e. The molecule has 0 saturated carbocycles. The number of benzene rings is 1. The van der Waals surface area contributed by atoms with Crippen molar-refractivity contribution in [2.45, 2.75) is 0 Å². The summed E-state index contributed by atoms with van der Waals surface area (Å²) < 4.78 is 0. The molecule has 2 aromatic rings. The smallest absolute Gasteiger partial charge is 0.131 e. The minimum absolute atomic E-state index is 0.586. The van der Waals surface area contributed by atoms with E-state index in [9.17, 15) is 0 Å². The molecule has 0 N–H and O–H groups in total. The van der Waals surface area contributed by atoms with Gasteiger partial charge in [-0.25, -0.2) is 0 Å². The highest BCUT2D eigenvalue weighted by atomic mass is 15.6. The van der Waals surface area contributed by atoms with Gasteiger partial charge in [-0.3, -0.25) is 0 Å². The summed E-state index contributed by atoms with van der Waals surface area (Å²) in [6, 6.07) is 9.69. The van der Waals surface area contributed by atoms with Crippen LogP contribution in [0.2, 0.25) is 0 Å². The van der Waals surface area contributed by atoms with Crippen LogP contribution in [0.25, 0.3) is 17.1 Å². The summed E-state index contributed by atoms with van der Waals surface area (Å²) in [5.41, 5.74) is 1.66. The highest BCUT2D eigenvalue weighted by Gasteiger charge is 2.06. The highest BCUT2D eigenvalue weighted by Crippen LogP contribution is 2.13. The predicted octanol–water partition coefficient (Wildman–Crippen LogP) is 2.55. The molecule has 84 valence electrons. The van der Waals surface area contributed by atoms with Gasteiger partial charge in [-0.15, -0.1) is 15.0 Å². The molecule has 4 heteroatoms. The molecule has 0 saturated heterocycles. The third-order valence-electron chi connectivity index (χ3n) is 2.17. The predicted molar refractivity (Wildman–Crippen MR) is 67.9 cm³/mol. The second-order valence-electron chi connectivity index (χ2n) is 3.30. The van der Waals surface area contributed by atoms with Crippen LogP contribution in [0.5, 0.6) is 0 Å². The second-order valence-corrected chi connectivity index (χ2v) is 3.30. The SMILES string of the molecule is C=C/C=C(\C=C)n1nnc(-c2ccccc2)n1. The van der Waals surface area contributed by atoms with E-state index in [-0.39, 0.29) is 0 Å². The number of aromatic nitrogens is 4. The van der Waals surface area contributed by atoms with Crippen molar-refractivity contribution in [2.24, 2.45) is 0 Å². The topological polar surface area (TPSA) is 43.6 Å². The van der Waals surface area contributed by atoms with Gasteiger partial charge in [0.05, 0.1) is 5.70 Å². The standard InChI is InChI=1S/C13H12N4/c1-3-8-12(4-2)17-15-13(14-16-17)11-9-6-5-7-10-11/h3-10H,1-2H2/b12-8+. The monoisotopic (exact) mass is 224 g/mol. The van der Waals surface area contributed by atoms with E-state index in [1.807, 2.05) is 30.3 Å². The Morgan fingerprint density at radius 2 is 1.94 bits per heavy atom. The Labute approximate surface area is 99.6 Å². The molecule has 0 fully saturated rings. The van der Waals surface area contributed by atoms with Crippen LogP contribution in [0.1, 0.15) is 0 Å². The lowest BCUT2D eigenvalue weighted by Crippen LogP contribution is -1.99. The maximum Gasteiger partial charge on any atom is 0.205 e. The zero-order chi connectivity index (χ0) is 12.1. The molecular weight excluding hydrogens is 212 g/mol. The summed E-state index contributed by atoms with van der Waals surface area (Å²) in [4.78, 5) is 1.43. The third-order valence-corrected chi connectivity index (χ3v) is 2.17. The van der Waals surface area contributed by atoms with Gasteiger partial charge in [0.15, 0.2) is 0 Å². The van der Waals surface area contributed by atoms with E-state index >= 15 is 0 Å². The van der Waals surface area contributed by atoms with Crippen LogP contribution in [-0.4, -0.2) is 20.2 Å². The van der Waals surface area contributed by atoms with Gasteiger partial charge in [-0.1, -0.05) is 49.6 Å². The summed E-state index contributed by atoms with van der Waals surface area (Å²) in [5.74, 6) is 0.586. The molecule has 0 aliphatic heterocycles. The molecule has 17 heavy (non-hydrogen) atoms. The van der Waals surface area contributed by atoms with Crippen LogP contribution in [0.4, 0.5) is 0 Å². The maximum atomic E-state index is 4.28. The first-order valence-electron chi connectivity index (χ1n) is 5.16. The summed E-state index contributed by atoms with van der Waals surface area (Å²) in [6.45, 7) is 7.32. The zero-order valence-corrected chi connectivity index (χ0v) is 9.32. The van der Waals surface area contributed by atoms with Gasteiger partial charge >= 0.3 is 0 Å². The van der Waals surface area contributed by atoms with Crippen LogP contribution in [0, 0.1) is 0 Å². The van der Waals surface area contributed by atoms with Crippen molar-refractivity contribution < 1.29 is 0 Å². The van der Waals surface area contributed by atoms with Crippen molar-refractivity contribution in [1.82, 2.24) is 20.2 Å². The quantitative estimate of drug-likeness (QED) is 0.749. The molecular formula is C13H12N4. The summed E-state index contributed by atoms with van der Waals surface area (Å²) in [5, 5.41) is 12.2. The van der Waals surface area contributed by atoms with Crippen LogP contribution >= 0.6 is 0 Å². The first kappa shape index (κ1) is 11.0. The normalized spacial score (nSPS) is 11.2. The van der Waals surface area contributed by atoms with Crippen molar-refractivity contribution in [3.05, 3.63) is 61.7 Å². The highest BCUT2D eigenvalue weighted by molar-refractivity contribution is 5.58. The lowest BCUT2D eigenvalue weighted by atomic mass is 10.2. The molecule has 2 rings (SSSR count). The van der Waals surface area contributed by atoms with Crippen LogP contribution in [0.15, 0.2) is 61.7 Å². The Hall–Kier alpha value is -2.49. The summed E-state index contributed by atoms with van der Waals surface area (Å²) >= 11 is 0. The largest absolute Gasteiger partial charge is 0.205 e. The van der Waals surface area contributed by atoms with Gasteiger partial charge in [0, 0.05) is 5.56 Å². The third kappa shape index (κ3) is 2.36. The molecule has 0 unspecified atom stereocenters. The Morgan fingerprint density at radius 3 is 2.59 bits per heavy atom. The number of nitrogens with zero attached hydrogens (tertiary/aromatic N) is 4. The minimum atomic E-state index is 0.586. The van der Waals surface area contributed by atoms with Crippen LogP contribution in [0.3, 0.4) is 0 Å². The van der Waals surface area contributed by atoms with Crippen LogP contribution < -0.4 is 0 Å². The van der Waals surface area contributed by atoms with Crippen molar-refractivity contribution in [3.63, 3.8) is 0 Å². The van der Waals surface area contributed by atoms with Gasteiger partial charge in [0.2, 0.25) is 5.82 Å². The average Bonchev–Trinajstić information content (AvgIpc) is 2.86. The molecule has 0 atom stereocenters. The van der Waals surface area contributed by atoms with E-state index in [0.717, 1.165) is 11.3 Å². The molecule has 0 radical (unpaired) electrons. The molecule has 0 bridgehead atoms. The Morgan fingerprint density at radius 1 is 1.18 bits per heavy atom. The van der Waals surface area contributed by atoms with Crippen molar-refractivity contribution in [3.8, 4) is 11.4 Å². The molecule has 1 heterocycles. The van der Waals surface area contributed by atoms with Gasteiger partial charge in [-0.2, -0.15) is 0 Å². The van der Waals surface area contributed by atoms with Gasteiger partial charge in [-0.05, 0) is 17.4 Å². The van der Waals surface area contributed by atoms with E-state index in [4.69, 9.17) is 0 Å². The van der Waals surface area contributed by atoms with Crippen molar-refractivity contribution >= 4 is 5.70 Å². The van der Waals surface area contributed by atoms with Crippen LogP contribution in [-0.2, 0) is 0 Å². The average molecular weight is 224 g/mol. The molecule has 1 aromatic carbocycles. The van der Waals surface area contributed by atoms with E-state index in [0.29, 0.717) is 5.82 Å². The van der Waals surface area contributed by atoms with Gasteiger partial charge < -0.3 is 0 Å². The van der Waals surface area contributed by atoms with Crippen molar-refractivity contribution in [2.75, 3.05) is 0 Å². The van der Waals surface area contributed by atoms with Gasteiger partial charge in [0.25, 0.3) is 0 Å². The summed E-state index contributed by atoms with van der Waals surface area (Å²) in [6.07, 6.45) is 5.07. The first-order valence-corrected chi connectivity index (χ1v) is 5.16. The van der Waals surface area contributed by atoms with Gasteiger partial charge in [0.1, 0.15) is 0 Å². The fraction of sp³-hybridized carbons (Fsp3) is 0. The Kier molecular flexibility index (Phi) is 3.25. The zero-order valence-electron chi connectivity index (χ0n) is 9.32. The van der Waals surface area contributed by atoms with E-state index < -0.39 is 0 Å². The Balaban J connectivity index is 2.37. The fourth-order valence-corrected chi connectivity index (χ4v) is 1.36. The molecule has 0 spiro atoms. The van der Waals surface area contributed by atoms with E-state index in [2.05, 4.69) is 28.6 Å². The lowest BCUT2D eigenvalue weighted by molar-refractivity contribution is 0.742. The van der Waals surface area contributed by atoms with E-state index in [1.54, 1.807) is 18.2 Å². The second kappa shape index (κ2) is 5.03. The molecule has 0 amide bonds. The Bertz CT molecular complexity index is 552. The number of hydrogen-bond acceptors (Lipinski definition) is 3. The molecule has 1 aromatic heterocycles. The molecule has 0 aliphatic carbocycles. The maximum absolute atomic E-state index is 4.28. The number of rotatable bonds is 4. The fourth-order valence-electron chi connectivity index (χ4n) is 1.36. The first-order chi connectivity index (χ1) is 8.35. The molecule has 0 aliphatic rings. The molecule has 4 nitrogen and oxygen atoms in total. The number of tetrazole rings is 1. The van der Waals surface area contributed by atoms with E-state index in [1.165, 1.54) is 4.80 Å². The van der Waals surface area contributed by atoms with Crippen molar-refractivity contribution in [1.29, 1.82) is 0 Å².